The van der Waals surface area contributed by atoms with Gasteiger partial charge in [-0.3, -0.25) is 9.59 Å². The molecule has 0 unspecified atom stereocenters. The van der Waals surface area contributed by atoms with Gasteiger partial charge in [0.25, 0.3) is 5.56 Å². The molecule has 1 saturated heterocycles. The van der Waals surface area contributed by atoms with Crippen molar-refractivity contribution in [1.29, 1.82) is 0 Å². The number of hydrogen-bond donors (Lipinski definition) is 1. The first-order valence-corrected chi connectivity index (χ1v) is 9.30. The summed E-state index contributed by atoms with van der Waals surface area (Å²) in [4.78, 5) is 29.1. The second kappa shape index (κ2) is 7.77. The highest BCUT2D eigenvalue weighted by atomic mass is 16.7. The van der Waals surface area contributed by atoms with Crippen molar-refractivity contribution in [3.05, 3.63) is 45.6 Å². The number of aromatic amines is 1. The number of amides is 1. The van der Waals surface area contributed by atoms with Crippen LogP contribution in [-0.2, 0) is 17.6 Å². The van der Waals surface area contributed by atoms with Crippen LogP contribution in [0.2, 0.25) is 0 Å². The fourth-order valence-electron chi connectivity index (χ4n) is 3.41. The van der Waals surface area contributed by atoms with Gasteiger partial charge in [-0.2, -0.15) is 0 Å². The van der Waals surface area contributed by atoms with Gasteiger partial charge in [0, 0.05) is 32.4 Å². The summed E-state index contributed by atoms with van der Waals surface area (Å²) in [6, 6.07) is 5.61. The van der Waals surface area contributed by atoms with Crippen LogP contribution in [0.1, 0.15) is 42.8 Å². The van der Waals surface area contributed by atoms with Crippen LogP contribution in [0.4, 0.5) is 0 Å². The van der Waals surface area contributed by atoms with Crippen molar-refractivity contribution in [3.63, 3.8) is 0 Å². The van der Waals surface area contributed by atoms with Crippen molar-refractivity contribution < 1.29 is 14.3 Å². The Kier molecular flexibility index (Phi) is 5.04. The van der Waals surface area contributed by atoms with Gasteiger partial charge in [-0.1, -0.05) is 6.07 Å². The first-order chi connectivity index (χ1) is 13.2. The number of nitrogens with one attached hydrogen (secondary N) is 1. The summed E-state index contributed by atoms with van der Waals surface area (Å²) >= 11 is 0. The van der Waals surface area contributed by atoms with Crippen molar-refractivity contribution in [2.24, 2.45) is 0 Å². The van der Waals surface area contributed by atoms with Gasteiger partial charge < -0.3 is 19.4 Å². The lowest BCUT2D eigenvalue weighted by molar-refractivity contribution is -0.132. The molecular weight excluding hydrogens is 348 g/mol. The number of carbonyl (C=O) groups is 1. The summed E-state index contributed by atoms with van der Waals surface area (Å²) in [6.07, 6.45) is 4.33. The highest BCUT2D eigenvalue weighted by Crippen LogP contribution is 2.32. The summed E-state index contributed by atoms with van der Waals surface area (Å²) in [7, 11) is 0. The second-order valence-corrected chi connectivity index (χ2v) is 6.85. The van der Waals surface area contributed by atoms with E-state index in [0.29, 0.717) is 42.3 Å². The molecule has 2 aromatic rings. The minimum Gasteiger partial charge on any atom is -0.454 e. The lowest BCUT2D eigenvalue weighted by atomic mass is 10.1. The zero-order valence-electron chi connectivity index (χ0n) is 15.1. The SMILES string of the molecule is O=C(CCc1nnc(Cc2ccc3c(c2)OCO3)[nH]c1=O)N1CCCCC1. The molecule has 1 aromatic carbocycles. The van der Waals surface area contributed by atoms with Crippen molar-refractivity contribution in [2.45, 2.75) is 38.5 Å². The smallest absolute Gasteiger partial charge is 0.272 e. The van der Waals surface area contributed by atoms with E-state index in [1.54, 1.807) is 0 Å². The van der Waals surface area contributed by atoms with Gasteiger partial charge in [-0.05, 0) is 37.0 Å². The minimum absolute atomic E-state index is 0.0836. The lowest BCUT2D eigenvalue weighted by Gasteiger charge is -2.26. The maximum atomic E-state index is 12.3. The third-order valence-corrected chi connectivity index (χ3v) is 4.90. The lowest BCUT2D eigenvalue weighted by Crippen LogP contribution is -2.36. The van der Waals surface area contributed by atoms with Gasteiger partial charge in [0.15, 0.2) is 11.5 Å². The van der Waals surface area contributed by atoms with E-state index >= 15 is 0 Å². The number of benzene rings is 1. The van der Waals surface area contributed by atoms with Gasteiger partial charge in [-0.25, -0.2) is 0 Å². The zero-order chi connectivity index (χ0) is 18.6. The van der Waals surface area contributed by atoms with Crippen LogP contribution in [0.5, 0.6) is 11.5 Å². The van der Waals surface area contributed by atoms with Gasteiger partial charge in [-0.15, -0.1) is 10.2 Å². The zero-order valence-corrected chi connectivity index (χ0v) is 15.1. The number of fused-ring (bicyclic) bond motifs is 1. The molecule has 3 heterocycles. The Labute approximate surface area is 156 Å². The number of ether oxygens (including phenoxy) is 2. The standard InChI is InChI=1S/C19H22N4O4/c24-18(23-8-2-1-3-9-23)7-5-14-19(25)20-17(22-21-14)11-13-4-6-15-16(10-13)27-12-26-15/h4,6,10H,1-3,5,7-9,11-12H2,(H,20,22,25). The molecule has 0 saturated carbocycles. The van der Waals surface area contributed by atoms with E-state index in [1.807, 2.05) is 23.1 Å². The molecule has 0 bridgehead atoms. The van der Waals surface area contributed by atoms with Gasteiger partial charge in [0.05, 0.1) is 0 Å². The maximum Gasteiger partial charge on any atom is 0.272 e. The number of hydrogen-bond acceptors (Lipinski definition) is 6. The van der Waals surface area contributed by atoms with E-state index in [-0.39, 0.29) is 18.3 Å². The Balaban J connectivity index is 1.37. The average molecular weight is 370 g/mol. The summed E-state index contributed by atoms with van der Waals surface area (Å²) in [6.45, 7) is 1.85. The summed E-state index contributed by atoms with van der Waals surface area (Å²) in [5.74, 6) is 1.97. The fraction of sp³-hybridized carbons (Fsp3) is 0.474. The van der Waals surface area contributed by atoms with Crippen LogP contribution in [-0.4, -0.2) is 45.9 Å². The Hall–Kier alpha value is -2.90. The molecule has 4 rings (SSSR count). The molecule has 2 aliphatic heterocycles. The van der Waals surface area contributed by atoms with Crippen LogP contribution in [0.3, 0.4) is 0 Å². The van der Waals surface area contributed by atoms with E-state index in [9.17, 15) is 9.59 Å². The molecule has 8 nitrogen and oxygen atoms in total. The van der Waals surface area contributed by atoms with Crippen molar-refractivity contribution in [1.82, 2.24) is 20.1 Å². The van der Waals surface area contributed by atoms with Gasteiger partial charge >= 0.3 is 0 Å². The number of H-pyrrole nitrogens is 1. The largest absolute Gasteiger partial charge is 0.454 e. The number of nitrogens with zero attached hydrogens (tertiary/aromatic N) is 3. The highest BCUT2D eigenvalue weighted by Gasteiger charge is 2.18. The third-order valence-electron chi connectivity index (χ3n) is 4.90. The normalized spacial score (nSPS) is 15.8. The van der Waals surface area contributed by atoms with Gasteiger partial charge in [0.1, 0.15) is 11.5 Å². The predicted octanol–water partition coefficient (Wildman–Crippen LogP) is 1.43. The molecular formula is C19H22N4O4. The molecule has 0 aliphatic carbocycles. The van der Waals surface area contributed by atoms with Crippen molar-refractivity contribution >= 4 is 5.91 Å². The number of piperidine rings is 1. The van der Waals surface area contributed by atoms with Crippen LogP contribution >= 0.6 is 0 Å². The number of likely N-dealkylation sites (tertiary alicyclic amines) is 1. The number of rotatable bonds is 5. The molecule has 1 aromatic heterocycles. The topological polar surface area (TPSA) is 97.4 Å². The van der Waals surface area contributed by atoms with Crippen LogP contribution in [0.25, 0.3) is 0 Å². The first-order valence-electron chi connectivity index (χ1n) is 9.30. The molecule has 0 spiro atoms. The molecule has 1 amide bonds. The Morgan fingerprint density at radius 2 is 1.93 bits per heavy atom. The Morgan fingerprint density at radius 3 is 2.74 bits per heavy atom. The third kappa shape index (κ3) is 4.10. The molecule has 1 fully saturated rings. The number of carbonyl (C=O) groups excluding carboxylic acids is 1. The van der Waals surface area contributed by atoms with Crippen molar-refractivity contribution in [3.8, 4) is 11.5 Å². The molecule has 27 heavy (non-hydrogen) atoms. The average Bonchev–Trinajstić information content (AvgIpc) is 3.16. The molecule has 142 valence electrons. The molecule has 2 aliphatic rings. The number of aryl methyl sites for hydroxylation is 1. The van der Waals surface area contributed by atoms with E-state index < -0.39 is 0 Å². The summed E-state index contributed by atoms with van der Waals surface area (Å²) < 4.78 is 10.6. The van der Waals surface area contributed by atoms with E-state index in [4.69, 9.17) is 9.47 Å². The molecule has 0 radical (unpaired) electrons. The second-order valence-electron chi connectivity index (χ2n) is 6.85. The summed E-state index contributed by atoms with van der Waals surface area (Å²) in [5.41, 5.74) is 0.958. The van der Waals surface area contributed by atoms with Gasteiger partial charge in [0.2, 0.25) is 12.7 Å². The molecule has 0 atom stereocenters. The van der Waals surface area contributed by atoms with Crippen LogP contribution < -0.4 is 15.0 Å². The Morgan fingerprint density at radius 1 is 1.11 bits per heavy atom. The number of aromatic nitrogens is 3. The van der Waals surface area contributed by atoms with E-state index in [1.165, 1.54) is 6.42 Å². The monoisotopic (exact) mass is 370 g/mol. The minimum atomic E-state index is -0.285. The van der Waals surface area contributed by atoms with Crippen LogP contribution in [0, 0.1) is 0 Å². The maximum absolute atomic E-state index is 12.3. The van der Waals surface area contributed by atoms with E-state index in [2.05, 4.69) is 15.2 Å². The highest BCUT2D eigenvalue weighted by molar-refractivity contribution is 5.76. The summed E-state index contributed by atoms with van der Waals surface area (Å²) in [5, 5.41) is 8.16. The van der Waals surface area contributed by atoms with Crippen LogP contribution in [0.15, 0.2) is 23.0 Å². The fourth-order valence-corrected chi connectivity index (χ4v) is 3.41. The quantitative estimate of drug-likeness (QED) is 0.855. The van der Waals surface area contributed by atoms with E-state index in [0.717, 1.165) is 31.5 Å². The first kappa shape index (κ1) is 17.5. The molecule has 8 heteroatoms. The Bertz CT molecular complexity index is 890. The predicted molar refractivity (Wildman–Crippen MR) is 96.8 cm³/mol. The van der Waals surface area contributed by atoms with Crippen molar-refractivity contribution in [2.75, 3.05) is 19.9 Å². The molecule has 1 N–H and O–H groups in total.